The molecule has 2 heterocycles. The van der Waals surface area contributed by atoms with Crippen LogP contribution in [0.3, 0.4) is 0 Å². The summed E-state index contributed by atoms with van der Waals surface area (Å²) >= 11 is 0. The molecule has 3 rings (SSSR count). The van der Waals surface area contributed by atoms with Gasteiger partial charge in [-0.1, -0.05) is 0 Å². The van der Waals surface area contributed by atoms with Crippen molar-refractivity contribution in [2.45, 2.75) is 26.1 Å². The summed E-state index contributed by atoms with van der Waals surface area (Å²) in [5, 5.41) is 11.9. The highest BCUT2D eigenvalue weighted by Gasteiger charge is 2.27. The molecule has 0 aliphatic carbocycles. The SMILES string of the molecule is COCC1CN(c2cc(C)nc3ccc([N+](=O)[O-])cc23)CC(C)O1. The van der Waals surface area contributed by atoms with Gasteiger partial charge in [-0.05, 0) is 26.0 Å². The van der Waals surface area contributed by atoms with Gasteiger partial charge in [0.25, 0.3) is 5.69 Å². The fourth-order valence-electron chi connectivity index (χ4n) is 3.22. The van der Waals surface area contributed by atoms with Crippen LogP contribution in [-0.4, -0.2) is 48.9 Å². The van der Waals surface area contributed by atoms with Crippen molar-refractivity contribution in [1.82, 2.24) is 4.98 Å². The highest BCUT2D eigenvalue weighted by atomic mass is 16.6. The van der Waals surface area contributed by atoms with E-state index in [1.807, 2.05) is 19.9 Å². The number of hydrogen-bond donors (Lipinski definition) is 0. The van der Waals surface area contributed by atoms with Crippen LogP contribution >= 0.6 is 0 Å². The Labute approximate surface area is 140 Å². The van der Waals surface area contributed by atoms with E-state index >= 15 is 0 Å². The molecule has 1 fully saturated rings. The summed E-state index contributed by atoms with van der Waals surface area (Å²) in [7, 11) is 1.66. The molecule has 0 N–H and O–H groups in total. The Balaban J connectivity index is 2.06. The van der Waals surface area contributed by atoms with Crippen LogP contribution in [0.15, 0.2) is 24.3 Å². The second kappa shape index (κ2) is 6.70. The van der Waals surface area contributed by atoms with Crippen LogP contribution in [0.2, 0.25) is 0 Å². The molecule has 24 heavy (non-hydrogen) atoms. The van der Waals surface area contributed by atoms with Gasteiger partial charge in [-0.3, -0.25) is 15.1 Å². The van der Waals surface area contributed by atoms with Crippen molar-refractivity contribution in [3.63, 3.8) is 0 Å². The van der Waals surface area contributed by atoms with Gasteiger partial charge in [-0.25, -0.2) is 0 Å². The quantitative estimate of drug-likeness (QED) is 0.633. The van der Waals surface area contributed by atoms with Gasteiger partial charge in [0, 0.05) is 49.1 Å². The first-order valence-corrected chi connectivity index (χ1v) is 7.93. The Bertz CT molecular complexity index is 765. The summed E-state index contributed by atoms with van der Waals surface area (Å²) in [4.78, 5) is 17.5. The molecular formula is C17H21N3O4. The molecule has 0 bridgehead atoms. The maximum atomic E-state index is 11.1. The Kier molecular flexibility index (Phi) is 4.64. The molecule has 1 saturated heterocycles. The number of nitro benzene ring substituents is 1. The zero-order valence-corrected chi connectivity index (χ0v) is 14.1. The molecule has 1 aromatic carbocycles. The van der Waals surface area contributed by atoms with E-state index in [0.29, 0.717) is 13.2 Å². The van der Waals surface area contributed by atoms with Crippen molar-refractivity contribution in [1.29, 1.82) is 0 Å². The largest absolute Gasteiger partial charge is 0.382 e. The first-order chi connectivity index (χ1) is 11.5. The Morgan fingerprint density at radius 1 is 1.42 bits per heavy atom. The standard InChI is InChI=1S/C17H21N3O4/c1-11-6-17(19-8-12(2)24-14(9-19)10-23-3)15-7-13(20(21)22)4-5-16(15)18-11/h4-7,12,14H,8-10H2,1-3H3. The highest BCUT2D eigenvalue weighted by molar-refractivity contribution is 5.93. The molecule has 2 aromatic rings. The number of rotatable bonds is 4. The topological polar surface area (TPSA) is 77.7 Å². The minimum Gasteiger partial charge on any atom is -0.382 e. The Hall–Kier alpha value is -2.25. The molecule has 0 spiro atoms. The lowest BCUT2D eigenvalue weighted by Crippen LogP contribution is -2.48. The smallest absolute Gasteiger partial charge is 0.270 e. The number of pyridine rings is 1. The van der Waals surface area contributed by atoms with Gasteiger partial charge in [-0.2, -0.15) is 0 Å². The zero-order chi connectivity index (χ0) is 17.3. The van der Waals surface area contributed by atoms with E-state index in [-0.39, 0.29) is 22.8 Å². The molecule has 2 unspecified atom stereocenters. The van der Waals surface area contributed by atoms with Gasteiger partial charge in [0.05, 0.1) is 29.3 Å². The summed E-state index contributed by atoms with van der Waals surface area (Å²) in [6.45, 7) is 5.87. The third-order valence-corrected chi connectivity index (χ3v) is 4.13. The number of nitro groups is 1. The zero-order valence-electron chi connectivity index (χ0n) is 14.1. The number of hydrogen-bond acceptors (Lipinski definition) is 6. The van der Waals surface area contributed by atoms with E-state index < -0.39 is 0 Å². The normalized spacial score (nSPS) is 21.2. The third-order valence-electron chi connectivity index (χ3n) is 4.13. The monoisotopic (exact) mass is 331 g/mol. The number of anilines is 1. The molecule has 1 aliphatic rings. The van der Waals surface area contributed by atoms with E-state index in [0.717, 1.165) is 28.8 Å². The molecule has 128 valence electrons. The highest BCUT2D eigenvalue weighted by Crippen LogP contribution is 2.31. The van der Waals surface area contributed by atoms with Crippen LogP contribution in [0.25, 0.3) is 10.9 Å². The first-order valence-electron chi connectivity index (χ1n) is 7.93. The number of aromatic nitrogens is 1. The van der Waals surface area contributed by atoms with E-state index in [9.17, 15) is 10.1 Å². The minimum atomic E-state index is -0.376. The molecule has 0 radical (unpaired) electrons. The number of methoxy groups -OCH3 is 1. The average molecular weight is 331 g/mol. The van der Waals surface area contributed by atoms with Gasteiger partial charge >= 0.3 is 0 Å². The van der Waals surface area contributed by atoms with Gasteiger partial charge in [0.15, 0.2) is 0 Å². The molecule has 0 amide bonds. The number of non-ortho nitro benzene ring substituents is 1. The maximum Gasteiger partial charge on any atom is 0.270 e. The fraction of sp³-hybridized carbons (Fsp3) is 0.471. The van der Waals surface area contributed by atoms with E-state index in [1.165, 1.54) is 6.07 Å². The minimum absolute atomic E-state index is 0.0269. The van der Waals surface area contributed by atoms with Gasteiger partial charge in [-0.15, -0.1) is 0 Å². The van der Waals surface area contributed by atoms with Crippen molar-refractivity contribution >= 4 is 22.3 Å². The Morgan fingerprint density at radius 2 is 2.21 bits per heavy atom. The first kappa shape index (κ1) is 16.6. The molecule has 1 aromatic heterocycles. The molecule has 7 heteroatoms. The van der Waals surface area contributed by atoms with Crippen LogP contribution in [0.1, 0.15) is 12.6 Å². The molecule has 2 atom stereocenters. The van der Waals surface area contributed by atoms with Crippen molar-refractivity contribution in [2.24, 2.45) is 0 Å². The number of ether oxygens (including phenoxy) is 2. The third kappa shape index (κ3) is 3.32. The van der Waals surface area contributed by atoms with E-state index in [2.05, 4.69) is 9.88 Å². The molecular weight excluding hydrogens is 310 g/mol. The van der Waals surface area contributed by atoms with Crippen LogP contribution in [-0.2, 0) is 9.47 Å². The average Bonchev–Trinajstić information content (AvgIpc) is 2.53. The van der Waals surface area contributed by atoms with Crippen LogP contribution in [0.4, 0.5) is 11.4 Å². The van der Waals surface area contributed by atoms with E-state index in [1.54, 1.807) is 19.2 Å². The summed E-state index contributed by atoms with van der Waals surface area (Å²) in [5.74, 6) is 0. The lowest BCUT2D eigenvalue weighted by atomic mass is 10.1. The molecule has 7 nitrogen and oxygen atoms in total. The summed E-state index contributed by atoms with van der Waals surface area (Å²) < 4.78 is 11.1. The number of morpholine rings is 1. The van der Waals surface area contributed by atoms with Gasteiger partial charge in [0.1, 0.15) is 0 Å². The number of nitrogens with zero attached hydrogens (tertiary/aromatic N) is 3. The summed E-state index contributed by atoms with van der Waals surface area (Å²) in [6.07, 6.45) is 0.0297. The van der Waals surface area contributed by atoms with Crippen molar-refractivity contribution in [3.05, 3.63) is 40.1 Å². The van der Waals surface area contributed by atoms with Crippen molar-refractivity contribution in [2.75, 3.05) is 31.7 Å². The Morgan fingerprint density at radius 3 is 2.92 bits per heavy atom. The van der Waals surface area contributed by atoms with Crippen LogP contribution in [0, 0.1) is 17.0 Å². The second-order valence-corrected chi connectivity index (χ2v) is 6.17. The summed E-state index contributed by atoms with van der Waals surface area (Å²) in [5.41, 5.74) is 2.67. The predicted octanol–water partition coefficient (Wildman–Crippen LogP) is 2.69. The number of benzene rings is 1. The number of fused-ring (bicyclic) bond motifs is 1. The van der Waals surface area contributed by atoms with Crippen molar-refractivity contribution < 1.29 is 14.4 Å². The molecule has 1 aliphatic heterocycles. The lowest BCUT2D eigenvalue weighted by molar-refractivity contribution is -0.384. The van der Waals surface area contributed by atoms with E-state index in [4.69, 9.17) is 9.47 Å². The number of aryl methyl sites for hydroxylation is 1. The molecule has 0 saturated carbocycles. The van der Waals surface area contributed by atoms with Gasteiger partial charge < -0.3 is 14.4 Å². The second-order valence-electron chi connectivity index (χ2n) is 6.17. The maximum absolute atomic E-state index is 11.1. The summed E-state index contributed by atoms with van der Waals surface area (Å²) in [6, 6.07) is 6.78. The lowest BCUT2D eigenvalue weighted by Gasteiger charge is -2.38. The van der Waals surface area contributed by atoms with Gasteiger partial charge in [0.2, 0.25) is 0 Å². The predicted molar refractivity (Wildman–Crippen MR) is 91.6 cm³/mol. The fourth-order valence-corrected chi connectivity index (χ4v) is 3.22. The van der Waals surface area contributed by atoms with Crippen LogP contribution < -0.4 is 4.90 Å². The van der Waals surface area contributed by atoms with Crippen molar-refractivity contribution in [3.8, 4) is 0 Å². The van der Waals surface area contributed by atoms with Crippen LogP contribution in [0.5, 0.6) is 0 Å².